The summed E-state index contributed by atoms with van der Waals surface area (Å²) in [5.74, 6) is 0.109. The normalized spacial score (nSPS) is 12.9. The Labute approximate surface area is 222 Å². The fourth-order valence-corrected chi connectivity index (χ4v) is 4.55. The molecule has 2 amide bonds. The molecule has 1 atom stereocenters. The summed E-state index contributed by atoms with van der Waals surface area (Å²) in [7, 11) is 0. The van der Waals surface area contributed by atoms with Gasteiger partial charge in [0.05, 0.1) is 0 Å². The summed E-state index contributed by atoms with van der Waals surface area (Å²) in [6.07, 6.45) is 0.875. The average Bonchev–Trinajstić information content (AvgIpc) is 3.21. The molecular formula is C30H31N3O5. The van der Waals surface area contributed by atoms with Crippen LogP contribution in [0, 0.1) is 0 Å². The second-order valence-corrected chi connectivity index (χ2v) is 10.0. The molecule has 0 radical (unpaired) electrons. The molecule has 0 heterocycles. The van der Waals surface area contributed by atoms with Gasteiger partial charge in [-0.1, -0.05) is 60.7 Å². The summed E-state index contributed by atoms with van der Waals surface area (Å²) in [6, 6.07) is 22.5. The summed E-state index contributed by atoms with van der Waals surface area (Å²) in [5, 5.41) is 5.18. The molecule has 0 bridgehead atoms. The van der Waals surface area contributed by atoms with Crippen LogP contribution in [0.4, 0.5) is 4.79 Å². The lowest BCUT2D eigenvalue weighted by Gasteiger charge is -2.22. The van der Waals surface area contributed by atoms with Crippen molar-refractivity contribution in [2.75, 3.05) is 13.3 Å². The molecule has 0 fully saturated rings. The molecule has 196 valence electrons. The Bertz CT molecular complexity index is 1290. The van der Waals surface area contributed by atoms with E-state index < -0.39 is 18.0 Å². The quantitative estimate of drug-likeness (QED) is 0.318. The molecule has 0 saturated heterocycles. The Morgan fingerprint density at radius 1 is 0.947 bits per heavy atom. The van der Waals surface area contributed by atoms with Gasteiger partial charge in [-0.3, -0.25) is 4.79 Å². The van der Waals surface area contributed by atoms with E-state index in [0.29, 0.717) is 5.75 Å². The van der Waals surface area contributed by atoms with Crippen molar-refractivity contribution in [1.82, 2.24) is 10.6 Å². The molecule has 0 aromatic heterocycles. The fraction of sp³-hybridized carbons (Fsp3) is 0.300. The number of nitrogens with one attached hydrogen (secondary N) is 2. The molecule has 0 saturated carbocycles. The van der Waals surface area contributed by atoms with Crippen molar-refractivity contribution in [3.05, 3.63) is 89.5 Å². The van der Waals surface area contributed by atoms with Crippen LogP contribution in [0.1, 0.15) is 43.4 Å². The van der Waals surface area contributed by atoms with Crippen LogP contribution in [0.5, 0.6) is 5.75 Å². The number of nitrogens with zero attached hydrogens (tertiary/aromatic N) is 1. The number of hydrogen-bond acceptors (Lipinski definition) is 6. The van der Waals surface area contributed by atoms with Crippen LogP contribution >= 0.6 is 0 Å². The minimum atomic E-state index is -0.943. The highest BCUT2D eigenvalue weighted by Gasteiger charge is 2.30. The van der Waals surface area contributed by atoms with Crippen LogP contribution < -0.4 is 15.4 Å². The lowest BCUT2D eigenvalue weighted by molar-refractivity contribution is -0.123. The zero-order chi connectivity index (χ0) is 27.1. The monoisotopic (exact) mass is 513 g/mol. The topological polar surface area (TPSA) is 106 Å². The first-order valence-corrected chi connectivity index (χ1v) is 12.5. The Kier molecular flexibility index (Phi) is 8.24. The highest BCUT2D eigenvalue weighted by atomic mass is 16.5. The van der Waals surface area contributed by atoms with Crippen molar-refractivity contribution >= 4 is 18.1 Å². The number of hydrogen-bond donors (Lipinski definition) is 2. The zero-order valence-corrected chi connectivity index (χ0v) is 21.7. The molecule has 0 spiro atoms. The fourth-order valence-electron chi connectivity index (χ4n) is 4.55. The van der Waals surface area contributed by atoms with Gasteiger partial charge in [0.2, 0.25) is 12.0 Å². The highest BCUT2D eigenvalue weighted by molar-refractivity contribution is 5.86. The van der Waals surface area contributed by atoms with Gasteiger partial charge in [-0.05, 0) is 60.7 Å². The first kappa shape index (κ1) is 26.6. The van der Waals surface area contributed by atoms with Gasteiger partial charge in [-0.25, -0.2) is 9.59 Å². The van der Waals surface area contributed by atoms with E-state index in [1.807, 2.05) is 81.4 Å². The molecule has 38 heavy (non-hydrogen) atoms. The van der Waals surface area contributed by atoms with Crippen molar-refractivity contribution in [3.8, 4) is 16.9 Å². The lowest BCUT2D eigenvalue weighted by atomic mass is 9.98. The van der Waals surface area contributed by atoms with Gasteiger partial charge >= 0.3 is 6.09 Å². The SMILES string of the molecule is CC(C)(C)Oc1ccc(C[C@H](NC(=O)OCC2c3ccccc3-c3ccccc32)C(=O)NCN=C=O)cc1. The van der Waals surface area contributed by atoms with Crippen molar-refractivity contribution in [2.24, 2.45) is 4.99 Å². The molecule has 3 aromatic rings. The first-order valence-electron chi connectivity index (χ1n) is 12.5. The third-order valence-electron chi connectivity index (χ3n) is 6.14. The van der Waals surface area contributed by atoms with E-state index in [1.54, 1.807) is 0 Å². The number of ether oxygens (including phenoxy) is 2. The van der Waals surface area contributed by atoms with Gasteiger partial charge in [0.15, 0.2) is 0 Å². The number of isocyanates is 1. The van der Waals surface area contributed by atoms with Crippen molar-refractivity contribution < 1.29 is 23.9 Å². The maximum Gasteiger partial charge on any atom is 0.407 e. The molecule has 4 rings (SSSR count). The Morgan fingerprint density at radius 3 is 2.13 bits per heavy atom. The minimum Gasteiger partial charge on any atom is -0.488 e. The number of benzene rings is 3. The third kappa shape index (κ3) is 6.66. The smallest absolute Gasteiger partial charge is 0.407 e. The van der Waals surface area contributed by atoms with Crippen LogP contribution in [-0.4, -0.2) is 43.0 Å². The number of carbonyl (C=O) groups is 2. The van der Waals surface area contributed by atoms with Crippen LogP contribution in [-0.2, 0) is 20.7 Å². The number of aliphatic imine (C=N–C) groups is 1. The first-order chi connectivity index (χ1) is 18.2. The van der Waals surface area contributed by atoms with Gasteiger partial charge in [0, 0.05) is 12.3 Å². The Balaban J connectivity index is 1.43. The number of alkyl carbamates (subject to hydrolysis) is 1. The van der Waals surface area contributed by atoms with E-state index in [-0.39, 0.29) is 31.2 Å². The van der Waals surface area contributed by atoms with E-state index in [4.69, 9.17) is 9.47 Å². The van der Waals surface area contributed by atoms with Crippen LogP contribution in [0.15, 0.2) is 77.8 Å². The van der Waals surface area contributed by atoms with Gasteiger partial charge in [-0.15, -0.1) is 0 Å². The standard InChI is InChI=1S/C30H31N3O5/c1-30(2,3)38-21-14-12-20(13-15-21)16-27(28(35)32-18-31-19-34)33-29(36)37-17-26-24-10-6-4-8-22(24)23-9-5-7-11-25(23)26/h4-15,26-27H,16-18H2,1-3H3,(H,32,35)(H,33,36)/t27-/m0/s1. The molecule has 8 heteroatoms. The molecule has 0 unspecified atom stereocenters. The maximum atomic E-state index is 12.9. The van der Waals surface area contributed by atoms with Crippen LogP contribution in [0.3, 0.4) is 0 Å². The predicted octanol–water partition coefficient (Wildman–Crippen LogP) is 4.72. The van der Waals surface area contributed by atoms with E-state index in [2.05, 4.69) is 27.8 Å². The molecule has 0 aliphatic heterocycles. The third-order valence-corrected chi connectivity index (χ3v) is 6.14. The number of amides is 2. The van der Waals surface area contributed by atoms with Crippen molar-refractivity contribution in [1.29, 1.82) is 0 Å². The van der Waals surface area contributed by atoms with Crippen LogP contribution in [0.25, 0.3) is 11.1 Å². The van der Waals surface area contributed by atoms with Gasteiger partial charge in [0.1, 0.15) is 30.7 Å². The van der Waals surface area contributed by atoms with E-state index >= 15 is 0 Å². The number of fused-ring (bicyclic) bond motifs is 3. The Hall–Kier alpha value is -4.42. The highest BCUT2D eigenvalue weighted by Crippen LogP contribution is 2.44. The zero-order valence-electron chi connectivity index (χ0n) is 21.7. The van der Waals surface area contributed by atoms with Gasteiger partial charge < -0.3 is 20.1 Å². The minimum absolute atomic E-state index is 0.0993. The summed E-state index contributed by atoms with van der Waals surface area (Å²) in [6.45, 7) is 5.77. The molecule has 1 aliphatic carbocycles. The van der Waals surface area contributed by atoms with E-state index in [1.165, 1.54) is 6.08 Å². The second kappa shape index (κ2) is 11.8. The molecule has 8 nitrogen and oxygen atoms in total. The summed E-state index contributed by atoms with van der Waals surface area (Å²) in [5.41, 5.74) is 4.92. The molecule has 1 aliphatic rings. The van der Waals surface area contributed by atoms with Crippen molar-refractivity contribution in [3.63, 3.8) is 0 Å². The van der Waals surface area contributed by atoms with Gasteiger partial charge in [-0.2, -0.15) is 4.99 Å². The maximum absolute atomic E-state index is 12.9. The van der Waals surface area contributed by atoms with Crippen molar-refractivity contribution in [2.45, 2.75) is 44.8 Å². The van der Waals surface area contributed by atoms with Crippen LogP contribution in [0.2, 0.25) is 0 Å². The number of rotatable bonds is 9. The largest absolute Gasteiger partial charge is 0.488 e. The van der Waals surface area contributed by atoms with Gasteiger partial charge in [0.25, 0.3) is 0 Å². The Morgan fingerprint density at radius 2 is 1.55 bits per heavy atom. The average molecular weight is 514 g/mol. The molecular weight excluding hydrogens is 482 g/mol. The summed E-state index contributed by atoms with van der Waals surface area (Å²) < 4.78 is 11.5. The van der Waals surface area contributed by atoms with E-state index in [9.17, 15) is 14.4 Å². The molecule has 2 N–H and O–H groups in total. The summed E-state index contributed by atoms with van der Waals surface area (Å²) >= 11 is 0. The predicted molar refractivity (Wildman–Crippen MR) is 144 cm³/mol. The van der Waals surface area contributed by atoms with E-state index in [0.717, 1.165) is 27.8 Å². The number of carbonyl (C=O) groups excluding carboxylic acids is 3. The lowest BCUT2D eigenvalue weighted by Crippen LogP contribution is -2.48. The molecule has 3 aromatic carbocycles. The second-order valence-electron chi connectivity index (χ2n) is 10.0. The summed E-state index contributed by atoms with van der Waals surface area (Å²) in [4.78, 5) is 39.4.